The molecule has 18 heavy (non-hydrogen) atoms. The summed E-state index contributed by atoms with van der Waals surface area (Å²) in [6.07, 6.45) is 4.44. The Hall–Kier alpha value is -1.22. The molecule has 0 aromatic heterocycles. The summed E-state index contributed by atoms with van der Waals surface area (Å²) in [5.41, 5.74) is 1.00. The average molecular weight is 268 g/mol. The second kappa shape index (κ2) is 5.61. The number of nitrogens with zero attached hydrogens (tertiary/aromatic N) is 1. The van der Waals surface area contributed by atoms with Crippen LogP contribution in [0.3, 0.4) is 0 Å². The Morgan fingerprint density at radius 1 is 1.50 bits per heavy atom. The van der Waals surface area contributed by atoms with Crippen molar-refractivity contribution in [3.63, 3.8) is 0 Å². The van der Waals surface area contributed by atoms with Crippen LogP contribution in [0.4, 0.5) is 5.69 Å². The van der Waals surface area contributed by atoms with Crippen molar-refractivity contribution in [2.75, 3.05) is 11.4 Å². The standard InChI is InChI=1S/C14H18ClNO2/c1-2-10-6-3-4-9-16(10)13-11(14(17)18)7-5-8-12(13)15/h5,7-8,10H,2-4,6,9H2,1H3,(H,17,18). The van der Waals surface area contributed by atoms with E-state index in [1.54, 1.807) is 18.2 Å². The van der Waals surface area contributed by atoms with Gasteiger partial charge in [-0.3, -0.25) is 0 Å². The molecule has 1 aliphatic heterocycles. The number of hydrogen-bond donors (Lipinski definition) is 1. The van der Waals surface area contributed by atoms with Crippen molar-refractivity contribution < 1.29 is 9.90 Å². The second-order valence-corrected chi connectivity index (χ2v) is 5.10. The first-order valence-electron chi connectivity index (χ1n) is 6.43. The van der Waals surface area contributed by atoms with Crippen molar-refractivity contribution in [2.24, 2.45) is 0 Å². The molecule has 0 spiro atoms. The van der Waals surface area contributed by atoms with Crippen molar-refractivity contribution >= 4 is 23.3 Å². The van der Waals surface area contributed by atoms with Gasteiger partial charge in [-0.2, -0.15) is 0 Å². The first kappa shape index (κ1) is 13.2. The Balaban J connectivity index is 2.44. The van der Waals surface area contributed by atoms with Gasteiger partial charge in [0.2, 0.25) is 0 Å². The van der Waals surface area contributed by atoms with Crippen LogP contribution in [0.15, 0.2) is 18.2 Å². The summed E-state index contributed by atoms with van der Waals surface area (Å²) in [6.45, 7) is 3.03. The predicted molar refractivity (Wildman–Crippen MR) is 73.7 cm³/mol. The van der Waals surface area contributed by atoms with Gasteiger partial charge in [0.1, 0.15) is 0 Å². The zero-order valence-corrected chi connectivity index (χ0v) is 11.3. The van der Waals surface area contributed by atoms with Gasteiger partial charge in [0.05, 0.1) is 16.3 Å². The molecule has 1 aromatic rings. The van der Waals surface area contributed by atoms with E-state index in [1.165, 1.54) is 6.42 Å². The van der Waals surface area contributed by atoms with E-state index >= 15 is 0 Å². The van der Waals surface area contributed by atoms with Gasteiger partial charge in [0.15, 0.2) is 0 Å². The summed E-state index contributed by atoms with van der Waals surface area (Å²) in [4.78, 5) is 13.5. The number of piperidine rings is 1. The summed E-state index contributed by atoms with van der Waals surface area (Å²) in [7, 11) is 0. The van der Waals surface area contributed by atoms with Crippen LogP contribution in [-0.4, -0.2) is 23.7 Å². The van der Waals surface area contributed by atoms with Crippen molar-refractivity contribution in [1.82, 2.24) is 0 Å². The minimum atomic E-state index is -0.909. The van der Waals surface area contributed by atoms with E-state index in [-0.39, 0.29) is 0 Å². The van der Waals surface area contributed by atoms with Crippen molar-refractivity contribution in [3.8, 4) is 0 Å². The molecule has 3 nitrogen and oxygen atoms in total. The summed E-state index contributed by atoms with van der Waals surface area (Å²) < 4.78 is 0. The van der Waals surface area contributed by atoms with Gasteiger partial charge in [-0.1, -0.05) is 24.6 Å². The van der Waals surface area contributed by atoms with E-state index in [4.69, 9.17) is 11.6 Å². The number of aromatic carboxylic acids is 1. The number of halogens is 1. The maximum Gasteiger partial charge on any atom is 0.337 e. The highest BCUT2D eigenvalue weighted by Gasteiger charge is 2.26. The third-order valence-electron chi connectivity index (χ3n) is 3.60. The highest BCUT2D eigenvalue weighted by atomic mass is 35.5. The van der Waals surface area contributed by atoms with Gasteiger partial charge in [-0.15, -0.1) is 0 Å². The molecule has 1 N–H and O–H groups in total. The Kier molecular flexibility index (Phi) is 4.12. The van der Waals surface area contributed by atoms with Crippen LogP contribution in [0, 0.1) is 0 Å². The van der Waals surface area contributed by atoms with Gasteiger partial charge < -0.3 is 10.0 Å². The third kappa shape index (κ3) is 2.46. The number of carboxylic acid groups (broad SMARTS) is 1. The van der Waals surface area contributed by atoms with E-state index in [9.17, 15) is 9.90 Å². The van der Waals surface area contributed by atoms with Crippen molar-refractivity contribution in [3.05, 3.63) is 28.8 Å². The van der Waals surface area contributed by atoms with Crippen LogP contribution in [0.2, 0.25) is 5.02 Å². The lowest BCUT2D eigenvalue weighted by Crippen LogP contribution is -2.40. The molecule has 2 rings (SSSR count). The van der Waals surface area contributed by atoms with Crippen molar-refractivity contribution in [1.29, 1.82) is 0 Å². The van der Waals surface area contributed by atoms with E-state index in [2.05, 4.69) is 11.8 Å². The van der Waals surface area contributed by atoms with Gasteiger partial charge >= 0.3 is 5.97 Å². The minimum absolute atomic E-state index is 0.308. The first-order chi connectivity index (χ1) is 8.65. The fraction of sp³-hybridized carbons (Fsp3) is 0.500. The number of rotatable bonds is 3. The van der Waals surface area contributed by atoms with E-state index in [0.717, 1.165) is 25.8 Å². The quantitative estimate of drug-likeness (QED) is 0.905. The number of hydrogen-bond acceptors (Lipinski definition) is 2. The maximum absolute atomic E-state index is 11.3. The number of anilines is 1. The number of para-hydroxylation sites is 1. The SMILES string of the molecule is CCC1CCCCN1c1c(Cl)cccc1C(=O)O. The molecule has 98 valence electrons. The zero-order valence-electron chi connectivity index (χ0n) is 10.5. The molecule has 1 aromatic carbocycles. The molecule has 1 atom stereocenters. The van der Waals surface area contributed by atoms with Crippen LogP contribution in [0.5, 0.6) is 0 Å². The molecule has 1 heterocycles. The van der Waals surface area contributed by atoms with E-state index in [1.807, 2.05) is 0 Å². The number of benzene rings is 1. The monoisotopic (exact) mass is 267 g/mol. The van der Waals surface area contributed by atoms with Crippen molar-refractivity contribution in [2.45, 2.75) is 38.6 Å². The summed E-state index contributed by atoms with van der Waals surface area (Å²) in [5, 5.41) is 9.83. The zero-order chi connectivity index (χ0) is 13.1. The Morgan fingerprint density at radius 2 is 2.28 bits per heavy atom. The van der Waals surface area contributed by atoms with Crippen LogP contribution in [0.25, 0.3) is 0 Å². The molecule has 0 radical (unpaired) electrons. The average Bonchev–Trinajstić information content (AvgIpc) is 2.38. The number of carbonyl (C=O) groups is 1. The number of carboxylic acids is 1. The summed E-state index contributed by atoms with van der Waals surface area (Å²) >= 11 is 6.22. The minimum Gasteiger partial charge on any atom is -0.478 e. The third-order valence-corrected chi connectivity index (χ3v) is 3.91. The van der Waals surface area contributed by atoms with Gasteiger partial charge in [-0.05, 0) is 37.8 Å². The Bertz CT molecular complexity index is 447. The lowest BCUT2D eigenvalue weighted by Gasteiger charge is -2.38. The molecule has 1 aliphatic rings. The highest BCUT2D eigenvalue weighted by Crippen LogP contribution is 2.35. The van der Waals surface area contributed by atoms with Crippen LogP contribution >= 0.6 is 11.6 Å². The molecule has 0 amide bonds. The van der Waals surface area contributed by atoms with E-state index < -0.39 is 5.97 Å². The second-order valence-electron chi connectivity index (χ2n) is 4.69. The smallest absolute Gasteiger partial charge is 0.337 e. The Morgan fingerprint density at radius 3 is 2.94 bits per heavy atom. The van der Waals surface area contributed by atoms with Crippen LogP contribution < -0.4 is 4.90 Å². The normalized spacial score (nSPS) is 19.9. The molecule has 0 bridgehead atoms. The predicted octanol–water partition coefficient (Wildman–Crippen LogP) is 3.81. The van der Waals surface area contributed by atoms with E-state index in [0.29, 0.717) is 22.3 Å². The van der Waals surface area contributed by atoms with Gasteiger partial charge in [0, 0.05) is 12.6 Å². The summed E-state index contributed by atoms with van der Waals surface area (Å²) in [5.74, 6) is -0.909. The topological polar surface area (TPSA) is 40.5 Å². The largest absolute Gasteiger partial charge is 0.478 e. The Labute approximate surface area is 112 Å². The van der Waals surface area contributed by atoms with Gasteiger partial charge in [-0.25, -0.2) is 4.79 Å². The molecule has 0 aliphatic carbocycles. The highest BCUT2D eigenvalue weighted by molar-refractivity contribution is 6.34. The van der Waals surface area contributed by atoms with Gasteiger partial charge in [0.25, 0.3) is 0 Å². The lowest BCUT2D eigenvalue weighted by atomic mass is 9.98. The maximum atomic E-state index is 11.3. The fourth-order valence-electron chi connectivity index (χ4n) is 2.70. The van der Waals surface area contributed by atoms with Crippen LogP contribution in [-0.2, 0) is 0 Å². The molecule has 1 fully saturated rings. The lowest BCUT2D eigenvalue weighted by molar-refractivity contribution is 0.0697. The molecule has 1 unspecified atom stereocenters. The fourth-order valence-corrected chi connectivity index (χ4v) is 2.98. The molecular formula is C14H18ClNO2. The van der Waals surface area contributed by atoms with Crippen LogP contribution in [0.1, 0.15) is 43.0 Å². The molecule has 0 saturated carbocycles. The molecule has 1 saturated heterocycles. The molecule has 4 heteroatoms. The first-order valence-corrected chi connectivity index (χ1v) is 6.81. The molecular weight excluding hydrogens is 250 g/mol. The summed E-state index contributed by atoms with van der Waals surface area (Å²) in [6, 6.07) is 5.49.